The van der Waals surface area contributed by atoms with Crippen LogP contribution in [0, 0.1) is 11.8 Å². The number of rotatable bonds is 5. The van der Waals surface area contributed by atoms with Gasteiger partial charge in [-0.25, -0.2) is 0 Å². The lowest BCUT2D eigenvalue weighted by molar-refractivity contribution is -0.144. The van der Waals surface area contributed by atoms with E-state index < -0.39 is 11.8 Å². The summed E-state index contributed by atoms with van der Waals surface area (Å²) in [6.07, 6.45) is 5.86. The molecule has 1 aromatic carbocycles. The maximum absolute atomic E-state index is 13.1. The molecule has 28 heavy (non-hydrogen) atoms. The molecular weight excluding hydrogens is 354 g/mol. The number of hydrogen-bond acceptors (Lipinski definition) is 4. The number of fused-ring (bicyclic) bond motifs is 1. The van der Waals surface area contributed by atoms with Crippen LogP contribution in [0.2, 0.25) is 0 Å². The van der Waals surface area contributed by atoms with Gasteiger partial charge in [0.25, 0.3) is 5.91 Å². The molecule has 0 spiro atoms. The summed E-state index contributed by atoms with van der Waals surface area (Å²) in [5.41, 5.74) is 1.36. The quantitative estimate of drug-likeness (QED) is 0.724. The molecule has 2 amide bonds. The van der Waals surface area contributed by atoms with Crippen LogP contribution in [-0.4, -0.2) is 34.8 Å². The van der Waals surface area contributed by atoms with Crippen molar-refractivity contribution in [2.24, 2.45) is 11.8 Å². The fraction of sp³-hybridized carbons (Fsp3) is 0.478. The third kappa shape index (κ3) is 3.84. The van der Waals surface area contributed by atoms with Crippen molar-refractivity contribution >= 4 is 23.4 Å². The molecule has 0 saturated carbocycles. The molecule has 1 aromatic rings. The summed E-state index contributed by atoms with van der Waals surface area (Å²) in [4.78, 5) is 52.4. The molecule has 2 atom stereocenters. The average molecular weight is 381 g/mol. The normalized spacial score (nSPS) is 23.0. The first-order valence-electron chi connectivity index (χ1n) is 10.2. The number of ketones is 2. The van der Waals surface area contributed by atoms with Crippen molar-refractivity contribution in [3.63, 3.8) is 0 Å². The first-order valence-corrected chi connectivity index (χ1v) is 10.2. The third-order valence-corrected chi connectivity index (χ3v) is 5.74. The molecule has 5 heteroatoms. The van der Waals surface area contributed by atoms with E-state index in [4.69, 9.17) is 0 Å². The van der Waals surface area contributed by atoms with E-state index in [2.05, 4.69) is 0 Å². The zero-order valence-electron chi connectivity index (χ0n) is 16.6. The maximum Gasteiger partial charge on any atom is 0.256 e. The Morgan fingerprint density at radius 3 is 2.43 bits per heavy atom. The molecule has 2 unspecified atom stereocenters. The summed E-state index contributed by atoms with van der Waals surface area (Å²) >= 11 is 0. The molecule has 1 fully saturated rings. The van der Waals surface area contributed by atoms with Crippen molar-refractivity contribution in [3.05, 3.63) is 47.0 Å². The van der Waals surface area contributed by atoms with Gasteiger partial charge in [0, 0.05) is 35.6 Å². The standard InChI is InChI=1S/C23H27NO4/c1-3-4-9-16(23(28)24-13-8-7-12-20(24)25)14-19-15(2)21(26)17-10-5-6-11-18(17)22(19)27/h5-6,10-11,14-15,19H,3-4,7-9,12-13H2,1-2H3. The van der Waals surface area contributed by atoms with Crippen LogP contribution in [-0.2, 0) is 9.59 Å². The number of Topliss-reactive ketones (excluding diaryl/α,β-unsaturated/α-hetero) is 2. The van der Waals surface area contributed by atoms with Crippen molar-refractivity contribution in [2.45, 2.75) is 52.4 Å². The van der Waals surface area contributed by atoms with Gasteiger partial charge in [-0.15, -0.1) is 0 Å². The SMILES string of the molecule is CCCCC(=CC1C(=O)c2ccccc2C(=O)C1C)C(=O)N1CCCCC1=O. The van der Waals surface area contributed by atoms with Gasteiger partial charge in [-0.1, -0.05) is 50.6 Å². The van der Waals surface area contributed by atoms with Gasteiger partial charge in [0.2, 0.25) is 5.91 Å². The molecule has 0 N–H and O–H groups in total. The molecular formula is C23H27NO4. The van der Waals surface area contributed by atoms with Gasteiger partial charge in [-0.2, -0.15) is 0 Å². The number of carbonyl (C=O) groups is 4. The molecule has 1 aliphatic carbocycles. The van der Waals surface area contributed by atoms with Crippen molar-refractivity contribution in [2.75, 3.05) is 6.54 Å². The number of imide groups is 1. The van der Waals surface area contributed by atoms with Gasteiger partial charge in [-0.3, -0.25) is 24.1 Å². The summed E-state index contributed by atoms with van der Waals surface area (Å²) in [6, 6.07) is 6.85. The number of carbonyl (C=O) groups excluding carboxylic acids is 4. The maximum atomic E-state index is 13.1. The van der Waals surface area contributed by atoms with Crippen LogP contribution in [0.4, 0.5) is 0 Å². The largest absolute Gasteiger partial charge is 0.294 e. The second-order valence-corrected chi connectivity index (χ2v) is 7.69. The summed E-state index contributed by atoms with van der Waals surface area (Å²) < 4.78 is 0. The van der Waals surface area contributed by atoms with E-state index in [1.165, 1.54) is 4.90 Å². The topological polar surface area (TPSA) is 71.5 Å². The van der Waals surface area contributed by atoms with E-state index in [1.54, 1.807) is 37.3 Å². The molecule has 1 aliphatic heterocycles. The van der Waals surface area contributed by atoms with Crippen molar-refractivity contribution in [3.8, 4) is 0 Å². The van der Waals surface area contributed by atoms with Crippen LogP contribution in [0.25, 0.3) is 0 Å². The van der Waals surface area contributed by atoms with Gasteiger partial charge in [0.05, 0.1) is 5.92 Å². The molecule has 0 bridgehead atoms. The Labute approximate surface area is 165 Å². The van der Waals surface area contributed by atoms with Gasteiger partial charge in [0.15, 0.2) is 11.6 Å². The number of piperidine rings is 1. The van der Waals surface area contributed by atoms with E-state index in [-0.39, 0.29) is 23.4 Å². The van der Waals surface area contributed by atoms with E-state index in [9.17, 15) is 19.2 Å². The van der Waals surface area contributed by atoms with Crippen LogP contribution < -0.4 is 0 Å². The number of nitrogens with zero attached hydrogens (tertiary/aromatic N) is 1. The predicted molar refractivity (Wildman–Crippen MR) is 106 cm³/mol. The lowest BCUT2D eigenvalue weighted by atomic mass is 9.74. The smallest absolute Gasteiger partial charge is 0.256 e. The Hall–Kier alpha value is -2.56. The van der Waals surface area contributed by atoms with Crippen LogP contribution in [0.15, 0.2) is 35.9 Å². The summed E-state index contributed by atoms with van der Waals surface area (Å²) in [6.45, 7) is 4.20. The van der Waals surface area contributed by atoms with E-state index in [0.29, 0.717) is 36.1 Å². The molecule has 148 valence electrons. The van der Waals surface area contributed by atoms with E-state index in [1.807, 2.05) is 6.92 Å². The Morgan fingerprint density at radius 2 is 1.79 bits per heavy atom. The molecule has 1 saturated heterocycles. The second-order valence-electron chi connectivity index (χ2n) is 7.69. The van der Waals surface area contributed by atoms with Crippen molar-refractivity contribution in [1.82, 2.24) is 4.90 Å². The number of unbranched alkanes of at least 4 members (excludes halogenated alkanes) is 1. The summed E-state index contributed by atoms with van der Waals surface area (Å²) in [5, 5.41) is 0. The fourth-order valence-corrected chi connectivity index (χ4v) is 3.99. The van der Waals surface area contributed by atoms with E-state index >= 15 is 0 Å². The molecule has 5 nitrogen and oxygen atoms in total. The van der Waals surface area contributed by atoms with Gasteiger partial charge >= 0.3 is 0 Å². The number of allylic oxidation sites excluding steroid dienone is 1. The highest BCUT2D eigenvalue weighted by atomic mass is 16.2. The lowest BCUT2D eigenvalue weighted by Gasteiger charge is -2.29. The molecule has 3 rings (SSSR count). The minimum absolute atomic E-state index is 0.0761. The van der Waals surface area contributed by atoms with Crippen LogP contribution in [0.1, 0.15) is 73.1 Å². The lowest BCUT2D eigenvalue weighted by Crippen LogP contribution is -2.41. The minimum Gasteiger partial charge on any atom is -0.294 e. The first-order chi connectivity index (χ1) is 13.5. The molecule has 1 heterocycles. The molecule has 2 aliphatic rings. The van der Waals surface area contributed by atoms with Crippen LogP contribution in [0.3, 0.4) is 0 Å². The zero-order valence-corrected chi connectivity index (χ0v) is 16.6. The first kappa shape index (κ1) is 20.2. The molecule has 0 aromatic heterocycles. The molecule has 0 radical (unpaired) electrons. The zero-order chi connectivity index (χ0) is 20.3. The highest BCUT2D eigenvalue weighted by molar-refractivity contribution is 6.17. The van der Waals surface area contributed by atoms with Crippen LogP contribution >= 0.6 is 0 Å². The Morgan fingerprint density at radius 1 is 1.11 bits per heavy atom. The monoisotopic (exact) mass is 381 g/mol. The Bertz CT molecular complexity index is 839. The number of amides is 2. The highest BCUT2D eigenvalue weighted by Crippen LogP contribution is 2.32. The summed E-state index contributed by atoms with van der Waals surface area (Å²) in [5.74, 6) is -1.85. The fourth-order valence-electron chi connectivity index (χ4n) is 3.99. The van der Waals surface area contributed by atoms with Gasteiger partial charge in [-0.05, 0) is 25.7 Å². The summed E-state index contributed by atoms with van der Waals surface area (Å²) in [7, 11) is 0. The number of hydrogen-bond donors (Lipinski definition) is 0. The predicted octanol–water partition coefficient (Wildman–Crippen LogP) is 3.97. The average Bonchev–Trinajstić information content (AvgIpc) is 2.71. The van der Waals surface area contributed by atoms with Gasteiger partial charge in [0.1, 0.15) is 0 Å². The van der Waals surface area contributed by atoms with E-state index in [0.717, 1.165) is 25.7 Å². The van der Waals surface area contributed by atoms with Crippen molar-refractivity contribution < 1.29 is 19.2 Å². The Kier molecular flexibility index (Phi) is 6.22. The Balaban J connectivity index is 1.95. The number of likely N-dealkylation sites (tertiary alicyclic amines) is 1. The van der Waals surface area contributed by atoms with Gasteiger partial charge < -0.3 is 0 Å². The van der Waals surface area contributed by atoms with Crippen LogP contribution in [0.5, 0.6) is 0 Å². The second kappa shape index (κ2) is 8.63. The third-order valence-electron chi connectivity index (χ3n) is 5.74. The number of benzene rings is 1. The van der Waals surface area contributed by atoms with Crippen molar-refractivity contribution in [1.29, 1.82) is 0 Å². The minimum atomic E-state index is -0.668. The highest BCUT2D eigenvalue weighted by Gasteiger charge is 2.38.